The summed E-state index contributed by atoms with van der Waals surface area (Å²) in [7, 11) is 3.49. The molecule has 0 unspecified atom stereocenters. The van der Waals surface area contributed by atoms with E-state index >= 15 is 0 Å². The lowest BCUT2D eigenvalue weighted by molar-refractivity contribution is -0.124. The van der Waals surface area contributed by atoms with Crippen molar-refractivity contribution in [3.63, 3.8) is 0 Å². The van der Waals surface area contributed by atoms with Gasteiger partial charge in [0.05, 0.1) is 7.11 Å². The van der Waals surface area contributed by atoms with Gasteiger partial charge in [0.25, 0.3) is 0 Å². The zero-order valence-electron chi connectivity index (χ0n) is 12.3. The average molecular weight is 261 g/mol. The van der Waals surface area contributed by atoms with E-state index in [0.29, 0.717) is 0 Å². The highest BCUT2D eigenvalue weighted by Gasteiger charge is 2.06. The maximum atomic E-state index is 12.0. The van der Waals surface area contributed by atoms with Gasteiger partial charge in [-0.05, 0) is 36.6 Å². The summed E-state index contributed by atoms with van der Waals surface area (Å²) < 4.78 is 5.12. The van der Waals surface area contributed by atoms with Gasteiger partial charge in [-0.15, -0.1) is 0 Å². The molecule has 0 atom stereocenters. The summed E-state index contributed by atoms with van der Waals surface area (Å²) in [6, 6.07) is 7.73. The maximum absolute atomic E-state index is 12.0. The van der Waals surface area contributed by atoms with Crippen LogP contribution in [0.25, 0.3) is 5.57 Å². The number of likely N-dealkylation sites (N-methyl/N-ethyl adjacent to an activating group) is 1. The molecule has 0 aliphatic rings. The number of rotatable bonds is 6. The summed E-state index contributed by atoms with van der Waals surface area (Å²) in [6.45, 7) is 4.88. The molecule has 0 N–H and O–H groups in total. The number of ether oxygens (including phenoxy) is 1. The molecule has 3 heteroatoms. The number of methoxy groups -OCH3 is 1. The van der Waals surface area contributed by atoms with Crippen LogP contribution in [0, 0.1) is 0 Å². The number of carbonyl (C=O) groups excluding carboxylic acids is 1. The zero-order chi connectivity index (χ0) is 14.3. The molecule has 0 aliphatic carbocycles. The van der Waals surface area contributed by atoms with Crippen molar-refractivity contribution in [2.24, 2.45) is 0 Å². The van der Waals surface area contributed by atoms with Crippen LogP contribution in [-0.2, 0) is 4.79 Å². The van der Waals surface area contributed by atoms with Crippen LogP contribution in [0.2, 0.25) is 0 Å². The Balaban J connectivity index is 2.71. The fourth-order valence-electron chi connectivity index (χ4n) is 1.74. The van der Waals surface area contributed by atoms with Crippen molar-refractivity contribution in [1.29, 1.82) is 0 Å². The molecule has 0 saturated carbocycles. The second kappa shape index (κ2) is 7.62. The Bertz CT molecular complexity index is 435. The van der Waals surface area contributed by atoms with Crippen molar-refractivity contribution in [2.45, 2.75) is 26.7 Å². The molecule has 0 spiro atoms. The molecule has 0 radical (unpaired) electrons. The second-order valence-corrected chi connectivity index (χ2v) is 4.67. The van der Waals surface area contributed by atoms with Crippen LogP contribution in [0.3, 0.4) is 0 Å². The molecular formula is C16H23NO2. The SMILES string of the molecule is CCCCN(C)C(=O)/C=C(\C)c1ccc(OC)cc1. The first-order valence-electron chi connectivity index (χ1n) is 6.66. The molecule has 0 heterocycles. The number of hydrogen-bond donors (Lipinski definition) is 0. The fourth-order valence-corrected chi connectivity index (χ4v) is 1.74. The molecule has 0 saturated heterocycles. The Kier molecular flexibility index (Phi) is 6.13. The highest BCUT2D eigenvalue weighted by atomic mass is 16.5. The molecule has 104 valence electrons. The molecule has 19 heavy (non-hydrogen) atoms. The van der Waals surface area contributed by atoms with Crippen LogP contribution in [0.4, 0.5) is 0 Å². The predicted octanol–water partition coefficient (Wildman–Crippen LogP) is 3.36. The number of nitrogens with zero attached hydrogens (tertiary/aromatic N) is 1. The quantitative estimate of drug-likeness (QED) is 0.735. The molecule has 0 aromatic heterocycles. The van der Waals surface area contributed by atoms with Gasteiger partial charge in [-0.1, -0.05) is 25.5 Å². The van der Waals surface area contributed by atoms with Gasteiger partial charge in [0.15, 0.2) is 0 Å². The minimum Gasteiger partial charge on any atom is -0.497 e. The topological polar surface area (TPSA) is 29.5 Å². The Morgan fingerprint density at radius 3 is 2.47 bits per heavy atom. The lowest BCUT2D eigenvalue weighted by Crippen LogP contribution is -2.25. The standard InChI is InChI=1S/C16H23NO2/c1-5-6-11-17(3)16(18)12-13(2)14-7-9-15(19-4)10-8-14/h7-10,12H,5-6,11H2,1-4H3/b13-12+. The van der Waals surface area contributed by atoms with E-state index in [1.807, 2.05) is 38.2 Å². The zero-order valence-corrected chi connectivity index (χ0v) is 12.3. The molecule has 1 rings (SSSR count). The summed E-state index contributed by atoms with van der Waals surface area (Å²) in [5.41, 5.74) is 2.01. The third-order valence-corrected chi connectivity index (χ3v) is 3.11. The van der Waals surface area contributed by atoms with Crippen molar-refractivity contribution >= 4 is 11.5 Å². The van der Waals surface area contributed by atoms with Crippen molar-refractivity contribution in [1.82, 2.24) is 4.90 Å². The molecule has 0 bridgehead atoms. The first-order valence-corrected chi connectivity index (χ1v) is 6.66. The number of hydrogen-bond acceptors (Lipinski definition) is 2. The highest BCUT2D eigenvalue weighted by molar-refractivity contribution is 5.94. The van der Waals surface area contributed by atoms with Crippen LogP contribution < -0.4 is 4.74 Å². The minimum atomic E-state index is 0.0572. The molecule has 1 aromatic rings. The van der Waals surface area contributed by atoms with Crippen LogP contribution in [0.15, 0.2) is 30.3 Å². The normalized spacial score (nSPS) is 11.3. The average Bonchev–Trinajstić information content (AvgIpc) is 2.44. The van der Waals surface area contributed by atoms with Gasteiger partial charge < -0.3 is 9.64 Å². The van der Waals surface area contributed by atoms with E-state index in [0.717, 1.165) is 36.3 Å². The Labute approximate surface area is 115 Å². The van der Waals surface area contributed by atoms with Crippen LogP contribution in [0.5, 0.6) is 5.75 Å². The first-order chi connectivity index (χ1) is 9.08. The second-order valence-electron chi connectivity index (χ2n) is 4.67. The summed E-state index contributed by atoms with van der Waals surface area (Å²) in [4.78, 5) is 13.7. The summed E-state index contributed by atoms with van der Waals surface area (Å²) >= 11 is 0. The summed E-state index contributed by atoms with van der Waals surface area (Å²) in [5, 5.41) is 0. The molecule has 0 aliphatic heterocycles. The molecule has 3 nitrogen and oxygen atoms in total. The van der Waals surface area contributed by atoms with Crippen molar-refractivity contribution in [3.8, 4) is 5.75 Å². The van der Waals surface area contributed by atoms with E-state index in [1.54, 1.807) is 18.1 Å². The Morgan fingerprint density at radius 2 is 1.95 bits per heavy atom. The largest absolute Gasteiger partial charge is 0.497 e. The first kappa shape index (κ1) is 15.3. The smallest absolute Gasteiger partial charge is 0.246 e. The van der Waals surface area contributed by atoms with Gasteiger partial charge in [0, 0.05) is 19.7 Å². The number of amides is 1. The Hall–Kier alpha value is -1.77. The lowest BCUT2D eigenvalue weighted by atomic mass is 10.1. The van der Waals surface area contributed by atoms with Gasteiger partial charge in [-0.25, -0.2) is 0 Å². The highest BCUT2D eigenvalue weighted by Crippen LogP contribution is 2.18. The van der Waals surface area contributed by atoms with E-state index in [2.05, 4.69) is 6.92 Å². The predicted molar refractivity (Wildman–Crippen MR) is 79.2 cm³/mol. The lowest BCUT2D eigenvalue weighted by Gasteiger charge is -2.15. The Morgan fingerprint density at radius 1 is 1.32 bits per heavy atom. The molecular weight excluding hydrogens is 238 g/mol. The summed E-state index contributed by atoms with van der Waals surface area (Å²) in [6.07, 6.45) is 3.83. The van der Waals surface area contributed by atoms with Gasteiger partial charge in [0.1, 0.15) is 5.75 Å². The number of benzene rings is 1. The van der Waals surface area contributed by atoms with E-state index in [9.17, 15) is 4.79 Å². The van der Waals surface area contributed by atoms with Crippen LogP contribution in [0.1, 0.15) is 32.3 Å². The third kappa shape index (κ3) is 4.78. The van der Waals surface area contributed by atoms with Gasteiger partial charge >= 0.3 is 0 Å². The van der Waals surface area contributed by atoms with E-state index in [1.165, 1.54) is 0 Å². The van der Waals surface area contributed by atoms with E-state index in [4.69, 9.17) is 4.74 Å². The van der Waals surface area contributed by atoms with Gasteiger partial charge in [0.2, 0.25) is 5.91 Å². The molecule has 1 aromatic carbocycles. The van der Waals surface area contributed by atoms with E-state index in [-0.39, 0.29) is 5.91 Å². The number of allylic oxidation sites excluding steroid dienone is 1. The van der Waals surface area contributed by atoms with Gasteiger partial charge in [-0.2, -0.15) is 0 Å². The molecule has 0 fully saturated rings. The van der Waals surface area contributed by atoms with Crippen molar-refractivity contribution in [3.05, 3.63) is 35.9 Å². The minimum absolute atomic E-state index is 0.0572. The van der Waals surface area contributed by atoms with Gasteiger partial charge in [-0.3, -0.25) is 4.79 Å². The summed E-state index contributed by atoms with van der Waals surface area (Å²) in [5.74, 6) is 0.879. The van der Waals surface area contributed by atoms with Crippen LogP contribution >= 0.6 is 0 Å². The maximum Gasteiger partial charge on any atom is 0.246 e. The van der Waals surface area contributed by atoms with E-state index < -0.39 is 0 Å². The van der Waals surface area contributed by atoms with Crippen molar-refractivity contribution < 1.29 is 9.53 Å². The monoisotopic (exact) mass is 261 g/mol. The number of carbonyl (C=O) groups is 1. The number of unbranched alkanes of at least 4 members (excludes halogenated alkanes) is 1. The molecule has 1 amide bonds. The van der Waals surface area contributed by atoms with Crippen LogP contribution in [-0.4, -0.2) is 31.5 Å². The third-order valence-electron chi connectivity index (χ3n) is 3.11. The van der Waals surface area contributed by atoms with Crippen molar-refractivity contribution in [2.75, 3.05) is 20.7 Å². The fraction of sp³-hybridized carbons (Fsp3) is 0.438.